The van der Waals surface area contributed by atoms with E-state index in [4.69, 9.17) is 17.0 Å². The second-order valence-corrected chi connectivity index (χ2v) is 6.83. The maximum Gasteiger partial charge on any atom is 0.270 e. The molecule has 1 aliphatic heterocycles. The molecule has 2 amide bonds. The zero-order valence-corrected chi connectivity index (χ0v) is 16.5. The van der Waals surface area contributed by atoms with Gasteiger partial charge in [0, 0.05) is 0 Å². The summed E-state index contributed by atoms with van der Waals surface area (Å²) in [7, 11) is 0. The van der Waals surface area contributed by atoms with Crippen molar-refractivity contribution >= 4 is 46.9 Å². The minimum absolute atomic E-state index is 0.0164. The van der Waals surface area contributed by atoms with Crippen molar-refractivity contribution in [3.05, 3.63) is 65.2 Å². The van der Waals surface area contributed by atoms with E-state index in [0.29, 0.717) is 17.0 Å². The molecule has 1 N–H and O–H groups in total. The first-order valence-corrected chi connectivity index (χ1v) is 9.13. The van der Waals surface area contributed by atoms with Crippen LogP contribution in [0.15, 0.2) is 54.1 Å². The molecule has 7 nitrogen and oxygen atoms in total. The first kappa shape index (κ1) is 20.2. The second-order valence-electron chi connectivity index (χ2n) is 6.45. The summed E-state index contributed by atoms with van der Waals surface area (Å²) in [4.78, 5) is 37.3. The number of anilines is 1. The van der Waals surface area contributed by atoms with Crippen molar-refractivity contribution in [2.45, 2.75) is 20.0 Å². The Morgan fingerprint density at radius 1 is 1.21 bits per heavy atom. The minimum atomic E-state index is -1.33. The number of carboxylic acid groups (broad SMARTS) is 1. The van der Waals surface area contributed by atoms with E-state index in [1.54, 1.807) is 42.5 Å². The molecule has 0 unspecified atom stereocenters. The van der Waals surface area contributed by atoms with Gasteiger partial charge >= 0.3 is 0 Å². The monoisotopic (exact) mass is 409 g/mol. The SMILES string of the molecule is Cc1cccc(N2C(=O)/C(=C/c3ccc(O[C@@H](C)C(=O)[O-])cc3)C(=O)NC2=S)c1. The molecule has 3 rings (SSSR count). The largest absolute Gasteiger partial charge is 0.546 e. The molecule has 1 heterocycles. The van der Waals surface area contributed by atoms with Gasteiger partial charge in [0.05, 0.1) is 11.7 Å². The van der Waals surface area contributed by atoms with E-state index in [9.17, 15) is 19.5 Å². The number of carbonyl (C=O) groups excluding carboxylic acids is 3. The molecule has 0 bridgehead atoms. The Kier molecular flexibility index (Phi) is 5.74. The fourth-order valence-corrected chi connectivity index (χ4v) is 3.00. The molecule has 0 spiro atoms. The summed E-state index contributed by atoms with van der Waals surface area (Å²) in [5, 5.41) is 13.3. The first-order valence-electron chi connectivity index (χ1n) is 8.72. The highest BCUT2D eigenvalue weighted by molar-refractivity contribution is 7.80. The number of hydrogen-bond acceptors (Lipinski definition) is 6. The van der Waals surface area contributed by atoms with Gasteiger partial charge in [-0.25, -0.2) is 0 Å². The van der Waals surface area contributed by atoms with Gasteiger partial charge in [-0.3, -0.25) is 19.8 Å². The lowest BCUT2D eigenvalue weighted by Gasteiger charge is -2.29. The smallest absolute Gasteiger partial charge is 0.270 e. The fraction of sp³-hybridized carbons (Fsp3) is 0.143. The van der Waals surface area contributed by atoms with E-state index in [1.165, 1.54) is 17.9 Å². The number of benzene rings is 2. The molecular weight excluding hydrogens is 392 g/mol. The van der Waals surface area contributed by atoms with E-state index >= 15 is 0 Å². The number of ether oxygens (including phenoxy) is 1. The van der Waals surface area contributed by atoms with Gasteiger partial charge in [-0.15, -0.1) is 0 Å². The third kappa shape index (κ3) is 4.49. The Bertz CT molecular complexity index is 1030. The molecule has 2 aromatic carbocycles. The second kappa shape index (κ2) is 8.24. The summed E-state index contributed by atoms with van der Waals surface area (Å²) < 4.78 is 5.21. The quantitative estimate of drug-likeness (QED) is 0.455. The summed E-state index contributed by atoms with van der Waals surface area (Å²) in [6.45, 7) is 3.25. The standard InChI is InChI=1S/C21H18N2O5S/c1-12-4-3-5-15(10-12)23-19(25)17(18(24)22-21(23)29)11-14-6-8-16(9-7-14)28-13(2)20(26)27/h3-11,13H,1-2H3,(H,26,27)(H,22,24,29)/p-1/b17-11+/t13-/m0/s1. The Balaban J connectivity index is 1.87. The van der Waals surface area contributed by atoms with Crippen LogP contribution in [0.2, 0.25) is 0 Å². The average molecular weight is 409 g/mol. The lowest BCUT2D eigenvalue weighted by atomic mass is 10.1. The van der Waals surface area contributed by atoms with E-state index in [0.717, 1.165) is 5.56 Å². The minimum Gasteiger partial charge on any atom is -0.546 e. The number of carboxylic acids is 1. The summed E-state index contributed by atoms with van der Waals surface area (Å²) in [6, 6.07) is 13.5. The average Bonchev–Trinajstić information content (AvgIpc) is 2.66. The van der Waals surface area contributed by atoms with Crippen molar-refractivity contribution in [3.8, 4) is 5.75 Å². The molecule has 8 heteroatoms. The third-order valence-electron chi connectivity index (χ3n) is 4.20. The molecule has 1 aliphatic rings. The Hall–Kier alpha value is -3.52. The number of carbonyl (C=O) groups is 3. The highest BCUT2D eigenvalue weighted by Crippen LogP contribution is 2.23. The van der Waals surface area contributed by atoms with Crippen molar-refractivity contribution in [1.29, 1.82) is 0 Å². The third-order valence-corrected chi connectivity index (χ3v) is 4.48. The summed E-state index contributed by atoms with van der Waals surface area (Å²) in [5.74, 6) is -2.12. The number of thiocarbonyl (C=S) groups is 1. The van der Waals surface area contributed by atoms with Gasteiger partial charge in [-0.1, -0.05) is 24.3 Å². The van der Waals surface area contributed by atoms with Crippen molar-refractivity contribution in [2.24, 2.45) is 0 Å². The molecule has 0 radical (unpaired) electrons. The Labute approximate surface area is 172 Å². The number of aliphatic carboxylic acids is 1. The van der Waals surface area contributed by atoms with Crippen LogP contribution in [0.1, 0.15) is 18.1 Å². The molecular formula is C21H17N2O5S-. The maximum absolute atomic E-state index is 13.0. The topological polar surface area (TPSA) is 98.8 Å². The molecule has 29 heavy (non-hydrogen) atoms. The molecule has 0 aromatic heterocycles. The van der Waals surface area contributed by atoms with Crippen LogP contribution < -0.4 is 20.1 Å². The molecule has 1 saturated heterocycles. The molecule has 2 aromatic rings. The summed E-state index contributed by atoms with van der Waals surface area (Å²) in [6.07, 6.45) is 0.336. The Morgan fingerprint density at radius 2 is 1.90 bits per heavy atom. The Morgan fingerprint density at radius 3 is 2.52 bits per heavy atom. The highest BCUT2D eigenvalue weighted by atomic mass is 32.1. The normalized spacial score (nSPS) is 16.6. The van der Waals surface area contributed by atoms with Crippen LogP contribution in [0.5, 0.6) is 5.75 Å². The number of hydrogen-bond donors (Lipinski definition) is 1. The van der Waals surface area contributed by atoms with Crippen molar-refractivity contribution in [2.75, 3.05) is 4.90 Å². The van der Waals surface area contributed by atoms with Gasteiger partial charge < -0.3 is 14.6 Å². The lowest BCUT2D eigenvalue weighted by molar-refractivity contribution is -0.312. The lowest BCUT2D eigenvalue weighted by Crippen LogP contribution is -2.54. The zero-order valence-electron chi connectivity index (χ0n) is 15.7. The van der Waals surface area contributed by atoms with Crippen LogP contribution in [-0.2, 0) is 14.4 Å². The van der Waals surface area contributed by atoms with E-state index in [1.807, 2.05) is 13.0 Å². The number of amides is 2. The molecule has 148 valence electrons. The highest BCUT2D eigenvalue weighted by Gasteiger charge is 2.34. The number of rotatable bonds is 5. The van der Waals surface area contributed by atoms with Gasteiger partial charge in [0.25, 0.3) is 11.8 Å². The van der Waals surface area contributed by atoms with Gasteiger partial charge in [0.1, 0.15) is 17.4 Å². The summed E-state index contributed by atoms with van der Waals surface area (Å²) in [5.41, 5.74) is 2.00. The van der Waals surface area contributed by atoms with Gasteiger partial charge in [-0.2, -0.15) is 0 Å². The molecule has 1 atom stereocenters. The van der Waals surface area contributed by atoms with E-state index in [-0.39, 0.29) is 10.7 Å². The van der Waals surface area contributed by atoms with Gasteiger partial charge in [-0.05, 0) is 67.5 Å². The van der Waals surface area contributed by atoms with Crippen LogP contribution in [0.3, 0.4) is 0 Å². The van der Waals surface area contributed by atoms with Crippen LogP contribution in [0, 0.1) is 6.92 Å². The maximum atomic E-state index is 13.0. The number of nitrogens with one attached hydrogen (secondary N) is 1. The van der Waals surface area contributed by atoms with Crippen LogP contribution in [0.25, 0.3) is 6.08 Å². The summed E-state index contributed by atoms with van der Waals surface area (Å²) >= 11 is 5.18. The van der Waals surface area contributed by atoms with Crippen molar-refractivity contribution < 1.29 is 24.2 Å². The van der Waals surface area contributed by atoms with Crippen molar-refractivity contribution in [1.82, 2.24) is 5.32 Å². The predicted octanol–water partition coefficient (Wildman–Crippen LogP) is 1.34. The van der Waals surface area contributed by atoms with Gasteiger partial charge in [0.15, 0.2) is 5.11 Å². The molecule has 0 aliphatic carbocycles. The number of nitrogens with zero attached hydrogens (tertiary/aromatic N) is 1. The first-order chi connectivity index (χ1) is 13.8. The zero-order chi connectivity index (χ0) is 21.1. The van der Waals surface area contributed by atoms with Crippen LogP contribution in [-0.4, -0.2) is 29.0 Å². The van der Waals surface area contributed by atoms with E-state index < -0.39 is 23.9 Å². The molecule has 1 fully saturated rings. The van der Waals surface area contributed by atoms with Crippen LogP contribution in [0.4, 0.5) is 5.69 Å². The van der Waals surface area contributed by atoms with Crippen molar-refractivity contribution in [3.63, 3.8) is 0 Å². The van der Waals surface area contributed by atoms with Gasteiger partial charge in [0.2, 0.25) is 0 Å². The molecule has 0 saturated carbocycles. The fourth-order valence-electron chi connectivity index (χ4n) is 2.72. The van der Waals surface area contributed by atoms with E-state index in [2.05, 4.69) is 5.32 Å². The predicted molar refractivity (Wildman–Crippen MR) is 109 cm³/mol. The van der Waals surface area contributed by atoms with Crippen LogP contribution >= 0.6 is 12.2 Å². The number of aryl methyl sites for hydroxylation is 1.